The smallest absolute Gasteiger partial charge is 0.338 e. The summed E-state index contributed by atoms with van der Waals surface area (Å²) in [4.78, 5) is 17.0. The number of aliphatic imine (C=N–C) groups is 1. The van der Waals surface area contributed by atoms with E-state index in [4.69, 9.17) is 14.5 Å². The maximum atomic E-state index is 12.1. The maximum absolute atomic E-state index is 12.1. The monoisotopic (exact) mass is 395 g/mol. The highest BCUT2D eigenvalue weighted by Crippen LogP contribution is 2.38. The van der Waals surface area contributed by atoms with Crippen LogP contribution in [0.1, 0.15) is 30.9 Å². The van der Waals surface area contributed by atoms with Gasteiger partial charge in [-0.25, -0.2) is 9.79 Å². The second-order valence-electron chi connectivity index (χ2n) is 6.56. The Labute approximate surface area is 170 Å². The molecule has 0 bridgehead atoms. The highest BCUT2D eigenvalue weighted by molar-refractivity contribution is 8.13. The van der Waals surface area contributed by atoms with Gasteiger partial charge in [-0.15, -0.1) is 11.8 Å². The molecule has 1 aliphatic carbocycles. The van der Waals surface area contributed by atoms with E-state index in [1.165, 1.54) is 20.0 Å². The molecular weight excluding hydrogens is 370 g/mol. The second-order valence-corrected chi connectivity index (χ2v) is 7.56. The first-order valence-electron chi connectivity index (χ1n) is 9.34. The summed E-state index contributed by atoms with van der Waals surface area (Å²) in [5, 5.41) is 1.15. The number of carbonyl (C=O) groups is 1. The lowest BCUT2D eigenvalue weighted by atomic mass is 10.0. The maximum Gasteiger partial charge on any atom is 0.338 e. The lowest BCUT2D eigenvalue weighted by Gasteiger charge is -2.12. The van der Waals surface area contributed by atoms with Crippen molar-refractivity contribution >= 4 is 34.0 Å². The van der Waals surface area contributed by atoms with Crippen molar-refractivity contribution in [1.29, 1.82) is 0 Å². The summed E-state index contributed by atoms with van der Waals surface area (Å²) < 4.78 is 10.2. The molecule has 3 rings (SSSR count). The molecule has 2 aromatic carbocycles. The minimum absolute atomic E-state index is 0.311. The number of thioether (sulfide) groups is 1. The zero-order chi connectivity index (χ0) is 19.9. The van der Waals surface area contributed by atoms with Gasteiger partial charge in [-0.1, -0.05) is 30.3 Å². The van der Waals surface area contributed by atoms with Crippen LogP contribution in [-0.2, 0) is 15.3 Å². The Bertz CT molecular complexity index is 883. The third kappa shape index (κ3) is 5.04. The van der Waals surface area contributed by atoms with Gasteiger partial charge in [0.1, 0.15) is 5.75 Å². The SMILES string of the molecule is CC=C(C(=O)OC)c1ccccc1CSC(=Nc1ccc(OC)cc1)C1CC1. The summed E-state index contributed by atoms with van der Waals surface area (Å²) >= 11 is 1.75. The molecule has 0 heterocycles. The van der Waals surface area contributed by atoms with Crippen molar-refractivity contribution in [1.82, 2.24) is 0 Å². The summed E-state index contributed by atoms with van der Waals surface area (Å²) in [6.07, 6.45) is 4.18. The number of benzene rings is 2. The number of ether oxygens (including phenoxy) is 2. The molecule has 1 fully saturated rings. The molecule has 0 aliphatic heterocycles. The fraction of sp³-hybridized carbons (Fsp3) is 0.304. The normalized spacial score (nSPS) is 14.7. The molecule has 0 aromatic heterocycles. The molecule has 0 unspecified atom stereocenters. The predicted molar refractivity (Wildman–Crippen MR) is 116 cm³/mol. The Morgan fingerprint density at radius 1 is 1.14 bits per heavy atom. The van der Waals surface area contributed by atoms with Crippen LogP contribution < -0.4 is 4.74 Å². The van der Waals surface area contributed by atoms with Crippen molar-refractivity contribution in [2.75, 3.05) is 14.2 Å². The summed E-state index contributed by atoms with van der Waals surface area (Å²) in [6.45, 7) is 1.86. The lowest BCUT2D eigenvalue weighted by Crippen LogP contribution is -2.06. The van der Waals surface area contributed by atoms with E-state index in [-0.39, 0.29) is 5.97 Å². The quantitative estimate of drug-likeness (QED) is 0.263. The van der Waals surface area contributed by atoms with E-state index in [1.807, 2.05) is 55.5 Å². The molecule has 4 nitrogen and oxygen atoms in total. The van der Waals surface area contributed by atoms with Gasteiger partial charge in [0.2, 0.25) is 0 Å². The van der Waals surface area contributed by atoms with E-state index in [9.17, 15) is 4.79 Å². The van der Waals surface area contributed by atoms with E-state index in [0.29, 0.717) is 11.5 Å². The van der Waals surface area contributed by atoms with Crippen molar-refractivity contribution in [2.45, 2.75) is 25.5 Å². The van der Waals surface area contributed by atoms with Crippen molar-refractivity contribution in [3.8, 4) is 5.75 Å². The van der Waals surface area contributed by atoms with Crippen molar-refractivity contribution in [3.63, 3.8) is 0 Å². The topological polar surface area (TPSA) is 47.9 Å². The number of rotatable bonds is 7. The summed E-state index contributed by atoms with van der Waals surface area (Å²) in [7, 11) is 3.07. The van der Waals surface area contributed by atoms with Crippen molar-refractivity contribution in [2.24, 2.45) is 10.9 Å². The van der Waals surface area contributed by atoms with Crippen LogP contribution in [-0.4, -0.2) is 25.2 Å². The average molecular weight is 396 g/mol. The molecule has 0 radical (unpaired) electrons. The largest absolute Gasteiger partial charge is 0.497 e. The number of hydrogen-bond acceptors (Lipinski definition) is 5. The standard InChI is InChI=1S/C23H25NO3S/c1-4-20(23(25)27-3)21-8-6-5-7-17(21)15-28-22(16-9-10-16)24-18-11-13-19(26-2)14-12-18/h4-8,11-14,16H,9-10,15H2,1-3H3. The summed E-state index contributed by atoms with van der Waals surface area (Å²) in [6, 6.07) is 15.8. The van der Waals surface area contributed by atoms with Crippen LogP contribution in [0.3, 0.4) is 0 Å². The molecule has 0 N–H and O–H groups in total. The van der Waals surface area contributed by atoms with Gasteiger partial charge in [-0.2, -0.15) is 0 Å². The van der Waals surface area contributed by atoms with Gasteiger partial charge in [-0.3, -0.25) is 0 Å². The molecule has 0 atom stereocenters. The van der Waals surface area contributed by atoms with Crippen LogP contribution in [0.25, 0.3) is 5.57 Å². The van der Waals surface area contributed by atoms with E-state index >= 15 is 0 Å². The Morgan fingerprint density at radius 2 is 1.86 bits per heavy atom. The van der Waals surface area contributed by atoms with Crippen LogP contribution in [0.15, 0.2) is 59.6 Å². The van der Waals surface area contributed by atoms with E-state index in [0.717, 1.165) is 33.4 Å². The fourth-order valence-corrected chi connectivity index (χ4v) is 4.11. The van der Waals surface area contributed by atoms with Crippen molar-refractivity contribution in [3.05, 3.63) is 65.7 Å². The molecule has 0 saturated heterocycles. The molecule has 0 spiro atoms. The first-order chi connectivity index (χ1) is 13.7. The van der Waals surface area contributed by atoms with Gasteiger partial charge >= 0.3 is 5.97 Å². The van der Waals surface area contributed by atoms with Crippen LogP contribution in [0.2, 0.25) is 0 Å². The van der Waals surface area contributed by atoms with Crippen LogP contribution in [0.5, 0.6) is 5.75 Å². The van der Waals surface area contributed by atoms with Gasteiger partial charge in [0.05, 0.1) is 30.5 Å². The molecule has 146 valence electrons. The van der Waals surface area contributed by atoms with Gasteiger partial charge in [0.25, 0.3) is 0 Å². The first-order valence-corrected chi connectivity index (χ1v) is 10.3. The lowest BCUT2D eigenvalue weighted by molar-refractivity contribution is -0.133. The fourth-order valence-electron chi connectivity index (χ4n) is 2.91. The van der Waals surface area contributed by atoms with Gasteiger partial charge in [-0.05, 0) is 55.2 Å². The minimum atomic E-state index is -0.311. The minimum Gasteiger partial charge on any atom is -0.497 e. The zero-order valence-electron chi connectivity index (χ0n) is 16.5. The summed E-state index contributed by atoms with van der Waals surface area (Å²) in [5.74, 6) is 1.82. The van der Waals surface area contributed by atoms with Crippen LogP contribution >= 0.6 is 11.8 Å². The molecule has 0 amide bonds. The van der Waals surface area contributed by atoms with E-state index in [2.05, 4.69) is 6.07 Å². The Balaban J connectivity index is 1.79. The van der Waals surface area contributed by atoms with E-state index < -0.39 is 0 Å². The molecular formula is C23H25NO3S. The second kappa shape index (κ2) is 9.60. The van der Waals surface area contributed by atoms with Gasteiger partial charge in [0, 0.05) is 11.7 Å². The Kier molecular flexibility index (Phi) is 6.93. The Hall–Kier alpha value is -2.53. The first kappa shape index (κ1) is 20.2. The number of hydrogen-bond donors (Lipinski definition) is 0. The third-order valence-corrected chi connectivity index (χ3v) is 5.79. The third-order valence-electron chi connectivity index (χ3n) is 4.62. The number of esters is 1. The molecule has 28 heavy (non-hydrogen) atoms. The Morgan fingerprint density at radius 3 is 2.46 bits per heavy atom. The van der Waals surface area contributed by atoms with Crippen LogP contribution in [0, 0.1) is 5.92 Å². The van der Waals surface area contributed by atoms with E-state index in [1.54, 1.807) is 18.9 Å². The summed E-state index contributed by atoms with van der Waals surface area (Å²) in [5.41, 5.74) is 3.56. The molecule has 2 aromatic rings. The highest BCUT2D eigenvalue weighted by atomic mass is 32.2. The number of nitrogens with zero attached hydrogens (tertiary/aromatic N) is 1. The number of methoxy groups -OCH3 is 2. The van der Waals surface area contributed by atoms with Gasteiger partial charge in [0.15, 0.2) is 0 Å². The number of allylic oxidation sites excluding steroid dienone is 1. The average Bonchev–Trinajstić information content (AvgIpc) is 3.58. The zero-order valence-corrected chi connectivity index (χ0v) is 17.3. The molecule has 1 aliphatic rings. The predicted octanol–water partition coefficient (Wildman–Crippen LogP) is 5.64. The molecule has 5 heteroatoms. The van der Waals surface area contributed by atoms with Crippen LogP contribution in [0.4, 0.5) is 5.69 Å². The van der Waals surface area contributed by atoms with Crippen molar-refractivity contribution < 1.29 is 14.3 Å². The van der Waals surface area contributed by atoms with Gasteiger partial charge < -0.3 is 9.47 Å². The highest BCUT2D eigenvalue weighted by Gasteiger charge is 2.28. The number of carbonyl (C=O) groups excluding carboxylic acids is 1. The molecule has 1 saturated carbocycles.